The number of aryl methyl sites for hydroxylation is 1. The molecule has 0 spiro atoms. The van der Waals surface area contributed by atoms with Gasteiger partial charge in [-0.05, 0) is 68.0 Å². The second-order valence-electron chi connectivity index (χ2n) is 7.56. The zero-order chi connectivity index (χ0) is 24.1. The standard InChI is InChI=1S/C27H23N3O3S/c1-3-33-26-15-14-21(16-20(26)2)27-22(19-30(29-27)23-10-6-4-7-11-23)17-25(18-28)34(31,32)24-12-8-5-9-13-24/h4-17,19H,3H2,1-2H3. The number of aromatic nitrogens is 2. The van der Waals surface area contributed by atoms with Crippen molar-refractivity contribution in [2.45, 2.75) is 18.7 Å². The summed E-state index contributed by atoms with van der Waals surface area (Å²) in [6, 6.07) is 25.0. The van der Waals surface area contributed by atoms with E-state index < -0.39 is 9.84 Å². The van der Waals surface area contributed by atoms with Crippen molar-refractivity contribution >= 4 is 15.9 Å². The van der Waals surface area contributed by atoms with Crippen molar-refractivity contribution in [1.29, 1.82) is 5.26 Å². The third-order valence-electron chi connectivity index (χ3n) is 5.25. The molecule has 0 saturated carbocycles. The third-order valence-corrected chi connectivity index (χ3v) is 6.93. The van der Waals surface area contributed by atoms with E-state index in [4.69, 9.17) is 9.84 Å². The van der Waals surface area contributed by atoms with Gasteiger partial charge in [0.15, 0.2) is 0 Å². The molecule has 0 aliphatic carbocycles. The van der Waals surface area contributed by atoms with Gasteiger partial charge < -0.3 is 4.74 Å². The molecule has 0 saturated heterocycles. The van der Waals surface area contributed by atoms with E-state index in [1.807, 2.05) is 68.4 Å². The second-order valence-corrected chi connectivity index (χ2v) is 9.48. The van der Waals surface area contributed by atoms with E-state index in [9.17, 15) is 13.7 Å². The lowest BCUT2D eigenvalue weighted by Gasteiger charge is -2.09. The van der Waals surface area contributed by atoms with Crippen LogP contribution in [0.2, 0.25) is 0 Å². The van der Waals surface area contributed by atoms with E-state index >= 15 is 0 Å². The lowest BCUT2D eigenvalue weighted by molar-refractivity contribution is 0.338. The minimum absolute atomic E-state index is 0.0664. The Morgan fingerprint density at radius 1 is 1.06 bits per heavy atom. The third kappa shape index (κ3) is 4.63. The predicted octanol–water partition coefficient (Wildman–Crippen LogP) is 5.58. The van der Waals surface area contributed by atoms with E-state index in [0.29, 0.717) is 17.9 Å². The molecule has 0 aliphatic rings. The normalized spacial score (nSPS) is 11.7. The van der Waals surface area contributed by atoms with Crippen molar-refractivity contribution in [3.05, 3.63) is 101 Å². The zero-order valence-corrected chi connectivity index (χ0v) is 19.7. The highest BCUT2D eigenvalue weighted by Gasteiger charge is 2.22. The fraction of sp³-hybridized carbons (Fsp3) is 0.111. The summed E-state index contributed by atoms with van der Waals surface area (Å²) >= 11 is 0. The number of ether oxygens (including phenoxy) is 1. The Hall–Kier alpha value is -4.15. The summed E-state index contributed by atoms with van der Waals surface area (Å²) in [7, 11) is -3.98. The first kappa shape index (κ1) is 23.0. The topological polar surface area (TPSA) is 85.0 Å². The first-order chi connectivity index (χ1) is 16.4. The van der Waals surface area contributed by atoms with Crippen molar-refractivity contribution in [3.8, 4) is 28.8 Å². The van der Waals surface area contributed by atoms with Crippen LogP contribution in [0.15, 0.2) is 94.9 Å². The molecule has 7 heteroatoms. The SMILES string of the molecule is CCOc1ccc(-c2nn(-c3ccccc3)cc2C=C(C#N)S(=O)(=O)c2ccccc2)cc1C. The summed E-state index contributed by atoms with van der Waals surface area (Å²) in [4.78, 5) is -0.285. The molecular weight excluding hydrogens is 446 g/mol. The average molecular weight is 470 g/mol. The van der Waals surface area contributed by atoms with Crippen molar-refractivity contribution in [1.82, 2.24) is 9.78 Å². The van der Waals surface area contributed by atoms with Gasteiger partial charge >= 0.3 is 0 Å². The van der Waals surface area contributed by atoms with Crippen LogP contribution in [0.4, 0.5) is 0 Å². The van der Waals surface area contributed by atoms with E-state index in [2.05, 4.69) is 0 Å². The molecule has 0 amide bonds. The average Bonchev–Trinajstić information content (AvgIpc) is 3.29. The molecule has 34 heavy (non-hydrogen) atoms. The molecule has 0 radical (unpaired) electrons. The molecule has 170 valence electrons. The summed E-state index contributed by atoms with van der Waals surface area (Å²) < 4.78 is 33.6. The quantitative estimate of drug-likeness (QED) is 0.330. The number of nitriles is 1. The molecule has 4 rings (SSSR count). The molecule has 1 aromatic heterocycles. The van der Waals surface area contributed by atoms with Gasteiger partial charge in [-0.1, -0.05) is 36.4 Å². The molecular formula is C27H23N3O3S. The Bertz CT molecular complexity index is 1480. The summed E-state index contributed by atoms with van der Waals surface area (Å²) in [6.45, 7) is 4.42. The minimum atomic E-state index is -3.98. The van der Waals surface area contributed by atoms with Gasteiger partial charge in [-0.2, -0.15) is 10.4 Å². The Morgan fingerprint density at radius 2 is 1.74 bits per heavy atom. The monoisotopic (exact) mass is 469 g/mol. The van der Waals surface area contributed by atoms with Gasteiger partial charge in [0.05, 0.1) is 17.2 Å². The van der Waals surface area contributed by atoms with Crippen molar-refractivity contribution in [2.24, 2.45) is 0 Å². The van der Waals surface area contributed by atoms with Gasteiger partial charge in [-0.25, -0.2) is 13.1 Å². The van der Waals surface area contributed by atoms with Crippen LogP contribution in [0.3, 0.4) is 0 Å². The number of nitrogens with zero attached hydrogens (tertiary/aromatic N) is 3. The summed E-state index contributed by atoms with van der Waals surface area (Å²) in [5.74, 6) is 0.773. The molecule has 0 bridgehead atoms. The molecule has 0 unspecified atom stereocenters. The molecule has 0 atom stereocenters. The molecule has 3 aromatic carbocycles. The number of rotatable bonds is 7. The van der Waals surface area contributed by atoms with Crippen LogP contribution in [-0.4, -0.2) is 24.8 Å². The summed E-state index contributed by atoms with van der Waals surface area (Å²) in [5.41, 5.74) is 3.61. The van der Waals surface area contributed by atoms with E-state index in [1.165, 1.54) is 18.2 Å². The molecule has 0 N–H and O–H groups in total. The first-order valence-electron chi connectivity index (χ1n) is 10.7. The van der Waals surface area contributed by atoms with E-state index in [0.717, 1.165) is 22.6 Å². The van der Waals surface area contributed by atoms with Gasteiger partial charge in [0.1, 0.15) is 22.4 Å². The maximum atomic E-state index is 13.1. The Balaban J connectivity index is 1.88. The first-order valence-corrected chi connectivity index (χ1v) is 12.2. The number of benzene rings is 3. The fourth-order valence-electron chi connectivity index (χ4n) is 3.58. The maximum Gasteiger partial charge on any atom is 0.216 e. The van der Waals surface area contributed by atoms with Gasteiger partial charge in [0, 0.05) is 17.3 Å². The van der Waals surface area contributed by atoms with Crippen LogP contribution in [0.5, 0.6) is 5.75 Å². The Morgan fingerprint density at radius 3 is 2.35 bits per heavy atom. The number of hydrogen-bond donors (Lipinski definition) is 0. The van der Waals surface area contributed by atoms with Crippen molar-refractivity contribution in [3.63, 3.8) is 0 Å². The number of allylic oxidation sites excluding steroid dienone is 1. The molecule has 6 nitrogen and oxygen atoms in total. The second kappa shape index (κ2) is 9.77. The largest absolute Gasteiger partial charge is 0.494 e. The van der Waals surface area contributed by atoms with Gasteiger partial charge in [0.2, 0.25) is 9.84 Å². The van der Waals surface area contributed by atoms with Gasteiger partial charge in [0.25, 0.3) is 0 Å². The van der Waals surface area contributed by atoms with Crippen LogP contribution < -0.4 is 4.74 Å². The fourth-order valence-corrected chi connectivity index (χ4v) is 4.75. The van der Waals surface area contributed by atoms with Gasteiger partial charge in [-0.15, -0.1) is 0 Å². The highest BCUT2D eigenvalue weighted by Crippen LogP contribution is 2.31. The Kier molecular flexibility index (Phi) is 6.62. The Labute approximate surface area is 199 Å². The molecule has 1 heterocycles. The highest BCUT2D eigenvalue weighted by atomic mass is 32.2. The molecule has 4 aromatic rings. The van der Waals surface area contributed by atoms with Gasteiger partial charge in [-0.3, -0.25) is 0 Å². The lowest BCUT2D eigenvalue weighted by atomic mass is 10.0. The summed E-state index contributed by atoms with van der Waals surface area (Å²) in [5, 5.41) is 14.5. The van der Waals surface area contributed by atoms with E-state index in [1.54, 1.807) is 29.1 Å². The zero-order valence-electron chi connectivity index (χ0n) is 18.8. The summed E-state index contributed by atoms with van der Waals surface area (Å²) in [6.07, 6.45) is 3.12. The van der Waals surface area contributed by atoms with Crippen molar-refractivity contribution < 1.29 is 13.2 Å². The smallest absolute Gasteiger partial charge is 0.216 e. The van der Waals surface area contributed by atoms with Crippen molar-refractivity contribution in [2.75, 3.05) is 6.61 Å². The van der Waals surface area contributed by atoms with Crippen LogP contribution in [-0.2, 0) is 9.84 Å². The van der Waals surface area contributed by atoms with Crippen LogP contribution in [0, 0.1) is 18.3 Å². The van der Waals surface area contributed by atoms with Crippen LogP contribution in [0.25, 0.3) is 23.0 Å². The number of sulfone groups is 1. The van der Waals surface area contributed by atoms with Crippen LogP contribution in [0.1, 0.15) is 18.1 Å². The highest BCUT2D eigenvalue weighted by molar-refractivity contribution is 7.95. The lowest BCUT2D eigenvalue weighted by Crippen LogP contribution is -2.03. The minimum Gasteiger partial charge on any atom is -0.494 e. The molecule has 0 fully saturated rings. The van der Waals surface area contributed by atoms with Crippen LogP contribution >= 0.6 is 0 Å². The number of para-hydroxylation sites is 1. The number of hydrogen-bond acceptors (Lipinski definition) is 5. The predicted molar refractivity (Wildman–Crippen MR) is 132 cm³/mol. The maximum absolute atomic E-state index is 13.1. The molecule has 0 aliphatic heterocycles. The van der Waals surface area contributed by atoms with E-state index in [-0.39, 0.29) is 9.80 Å².